The molecule has 27 heavy (non-hydrogen) atoms. The zero-order chi connectivity index (χ0) is 18.8. The number of amides is 2. The summed E-state index contributed by atoms with van der Waals surface area (Å²) in [4.78, 5) is 17.3. The molecule has 2 amide bonds. The normalized spacial score (nSPS) is 21.1. The maximum absolute atomic E-state index is 12.2. The van der Waals surface area contributed by atoms with Crippen LogP contribution in [-0.4, -0.2) is 11.0 Å². The minimum absolute atomic E-state index is 0.190. The van der Waals surface area contributed by atoms with Gasteiger partial charge in [-0.1, -0.05) is 56.0 Å². The number of halogens is 1. The Morgan fingerprint density at radius 2 is 2.00 bits per heavy atom. The highest BCUT2D eigenvalue weighted by Crippen LogP contribution is 2.41. The van der Waals surface area contributed by atoms with E-state index in [0.29, 0.717) is 10.9 Å². The van der Waals surface area contributed by atoms with E-state index in [1.54, 1.807) is 11.3 Å². The van der Waals surface area contributed by atoms with E-state index in [1.165, 1.54) is 37.8 Å². The van der Waals surface area contributed by atoms with Gasteiger partial charge in [0.25, 0.3) is 0 Å². The van der Waals surface area contributed by atoms with Crippen LogP contribution >= 0.6 is 22.9 Å². The van der Waals surface area contributed by atoms with Crippen molar-refractivity contribution in [2.24, 2.45) is 0 Å². The van der Waals surface area contributed by atoms with Crippen LogP contribution in [0.1, 0.15) is 73.7 Å². The standard InChI is InChI=1S/C21H24ClN3OS/c1-2-16-18(20-23-17(12-27-20)13-8-4-3-5-9-13)19(25-21(26)24-16)14-10-6-7-11-15(14)22/h6-7,10-13,19H,2-5,8-9H2,1H3,(H2,24,25,26). The van der Waals surface area contributed by atoms with Crippen LogP contribution in [0.25, 0.3) is 5.57 Å². The third-order valence-electron chi connectivity index (χ3n) is 5.50. The summed E-state index contributed by atoms with van der Waals surface area (Å²) in [5, 5.41) is 9.86. The maximum Gasteiger partial charge on any atom is 0.319 e. The number of carbonyl (C=O) groups excluding carboxylic acids is 1. The highest BCUT2D eigenvalue weighted by Gasteiger charge is 2.32. The van der Waals surface area contributed by atoms with Crippen molar-refractivity contribution in [3.63, 3.8) is 0 Å². The van der Waals surface area contributed by atoms with Crippen LogP contribution in [0.5, 0.6) is 0 Å². The number of urea groups is 1. The van der Waals surface area contributed by atoms with Gasteiger partial charge in [-0.15, -0.1) is 11.3 Å². The summed E-state index contributed by atoms with van der Waals surface area (Å²) >= 11 is 8.14. The van der Waals surface area contributed by atoms with E-state index >= 15 is 0 Å². The molecule has 1 aromatic carbocycles. The first kappa shape index (κ1) is 18.5. The Bertz CT molecular complexity index is 870. The molecule has 1 unspecified atom stereocenters. The van der Waals surface area contributed by atoms with Crippen molar-refractivity contribution < 1.29 is 4.79 Å². The van der Waals surface area contributed by atoms with Crippen LogP contribution in [0.15, 0.2) is 35.3 Å². The smallest absolute Gasteiger partial charge is 0.319 e. The van der Waals surface area contributed by atoms with Gasteiger partial charge in [-0.2, -0.15) is 0 Å². The molecule has 4 rings (SSSR count). The molecule has 0 bridgehead atoms. The Morgan fingerprint density at radius 1 is 1.22 bits per heavy atom. The Morgan fingerprint density at radius 3 is 2.74 bits per heavy atom. The van der Waals surface area contributed by atoms with E-state index in [1.807, 2.05) is 24.3 Å². The van der Waals surface area contributed by atoms with E-state index in [0.717, 1.165) is 28.3 Å². The molecule has 2 heterocycles. The molecular weight excluding hydrogens is 378 g/mol. The Labute approximate surface area is 169 Å². The number of hydrogen-bond acceptors (Lipinski definition) is 3. The average Bonchev–Trinajstić information content (AvgIpc) is 3.18. The van der Waals surface area contributed by atoms with Gasteiger partial charge < -0.3 is 10.6 Å². The number of nitrogens with one attached hydrogen (secondary N) is 2. The van der Waals surface area contributed by atoms with E-state index in [2.05, 4.69) is 22.9 Å². The number of thiazole rings is 1. The van der Waals surface area contributed by atoms with Crippen molar-refractivity contribution in [3.8, 4) is 0 Å². The molecule has 1 aliphatic heterocycles. The second kappa shape index (κ2) is 8.03. The lowest BCUT2D eigenvalue weighted by Gasteiger charge is -2.30. The molecule has 1 fully saturated rings. The van der Waals surface area contributed by atoms with Crippen LogP contribution in [0.2, 0.25) is 5.02 Å². The maximum atomic E-state index is 12.2. The zero-order valence-corrected chi connectivity index (χ0v) is 17.0. The fraction of sp³-hybridized carbons (Fsp3) is 0.429. The molecule has 4 nitrogen and oxygen atoms in total. The molecular formula is C21H24ClN3OS. The molecule has 0 radical (unpaired) electrons. The molecule has 2 aromatic rings. The molecule has 1 saturated carbocycles. The van der Waals surface area contributed by atoms with Gasteiger partial charge in [-0.25, -0.2) is 9.78 Å². The Balaban J connectivity index is 1.75. The molecule has 0 spiro atoms. The van der Waals surface area contributed by atoms with Gasteiger partial charge in [0.15, 0.2) is 0 Å². The average molecular weight is 402 g/mol. The number of nitrogens with zero attached hydrogens (tertiary/aromatic N) is 1. The number of aromatic nitrogens is 1. The number of rotatable bonds is 4. The predicted octanol–water partition coefficient (Wildman–Crippen LogP) is 6.02. The summed E-state index contributed by atoms with van der Waals surface area (Å²) in [5.74, 6) is 0.569. The third kappa shape index (κ3) is 3.76. The first-order valence-corrected chi connectivity index (χ1v) is 10.9. The van der Waals surface area contributed by atoms with Crippen LogP contribution in [0, 0.1) is 0 Å². The van der Waals surface area contributed by atoms with Crippen molar-refractivity contribution >= 4 is 34.5 Å². The Kier molecular flexibility index (Phi) is 5.50. The van der Waals surface area contributed by atoms with Crippen LogP contribution in [0.3, 0.4) is 0 Å². The minimum Gasteiger partial charge on any atom is -0.327 e. The molecule has 2 aliphatic rings. The largest absolute Gasteiger partial charge is 0.327 e. The number of carbonyl (C=O) groups is 1. The van der Waals surface area contributed by atoms with Gasteiger partial charge in [-0.05, 0) is 30.9 Å². The molecule has 2 N–H and O–H groups in total. The molecule has 1 aromatic heterocycles. The van der Waals surface area contributed by atoms with Gasteiger partial charge in [-0.3, -0.25) is 0 Å². The summed E-state index contributed by atoms with van der Waals surface area (Å²) in [7, 11) is 0. The lowest BCUT2D eigenvalue weighted by atomic mass is 9.87. The van der Waals surface area contributed by atoms with Crippen LogP contribution < -0.4 is 10.6 Å². The van der Waals surface area contributed by atoms with Gasteiger partial charge in [0.05, 0.1) is 11.7 Å². The van der Waals surface area contributed by atoms with E-state index in [9.17, 15) is 4.79 Å². The third-order valence-corrected chi connectivity index (χ3v) is 6.74. The monoisotopic (exact) mass is 401 g/mol. The highest BCUT2D eigenvalue weighted by molar-refractivity contribution is 7.10. The second-order valence-electron chi connectivity index (χ2n) is 7.21. The summed E-state index contributed by atoms with van der Waals surface area (Å²) < 4.78 is 0. The molecule has 1 atom stereocenters. The quantitative estimate of drug-likeness (QED) is 0.658. The van der Waals surface area contributed by atoms with Gasteiger partial charge >= 0.3 is 6.03 Å². The number of allylic oxidation sites excluding steroid dienone is 1. The Hall–Kier alpha value is -1.85. The topological polar surface area (TPSA) is 54.0 Å². The summed E-state index contributed by atoms with van der Waals surface area (Å²) in [6.07, 6.45) is 7.11. The zero-order valence-electron chi connectivity index (χ0n) is 15.4. The first-order valence-electron chi connectivity index (χ1n) is 9.68. The van der Waals surface area contributed by atoms with Crippen molar-refractivity contribution in [2.45, 2.75) is 57.4 Å². The molecule has 6 heteroatoms. The molecule has 1 aliphatic carbocycles. The van der Waals surface area contributed by atoms with Crippen molar-refractivity contribution in [3.05, 3.63) is 56.6 Å². The number of hydrogen-bond donors (Lipinski definition) is 2. The first-order chi connectivity index (χ1) is 13.2. The van der Waals surface area contributed by atoms with E-state index < -0.39 is 0 Å². The predicted molar refractivity (Wildman–Crippen MR) is 111 cm³/mol. The fourth-order valence-corrected chi connectivity index (χ4v) is 5.34. The summed E-state index contributed by atoms with van der Waals surface area (Å²) in [5.41, 5.74) is 4.07. The number of benzene rings is 1. The van der Waals surface area contributed by atoms with Gasteiger partial charge in [0, 0.05) is 27.6 Å². The van der Waals surface area contributed by atoms with Crippen LogP contribution in [0.4, 0.5) is 4.79 Å². The van der Waals surface area contributed by atoms with Gasteiger partial charge in [0.2, 0.25) is 0 Å². The lowest BCUT2D eigenvalue weighted by Crippen LogP contribution is -2.43. The highest BCUT2D eigenvalue weighted by atomic mass is 35.5. The summed E-state index contributed by atoms with van der Waals surface area (Å²) in [6.45, 7) is 2.06. The van der Waals surface area contributed by atoms with Crippen molar-refractivity contribution in [1.82, 2.24) is 15.6 Å². The minimum atomic E-state index is -0.284. The van der Waals surface area contributed by atoms with E-state index in [-0.39, 0.29) is 12.1 Å². The fourth-order valence-electron chi connectivity index (χ4n) is 4.09. The molecule has 0 saturated heterocycles. The van der Waals surface area contributed by atoms with Crippen LogP contribution in [-0.2, 0) is 0 Å². The van der Waals surface area contributed by atoms with Crippen molar-refractivity contribution in [1.29, 1.82) is 0 Å². The van der Waals surface area contributed by atoms with E-state index in [4.69, 9.17) is 16.6 Å². The lowest BCUT2D eigenvalue weighted by molar-refractivity contribution is 0.240. The molecule has 142 valence electrons. The second-order valence-corrected chi connectivity index (χ2v) is 8.48. The van der Waals surface area contributed by atoms with Gasteiger partial charge in [0.1, 0.15) is 5.01 Å². The van der Waals surface area contributed by atoms with Crippen molar-refractivity contribution in [2.75, 3.05) is 0 Å². The summed E-state index contributed by atoms with van der Waals surface area (Å²) in [6, 6.07) is 7.22. The SMILES string of the molecule is CCC1=C(c2nc(C3CCCCC3)cs2)C(c2ccccc2Cl)NC(=O)N1.